The van der Waals surface area contributed by atoms with E-state index >= 15 is 0 Å². The Balaban J connectivity index is 2.86. The van der Waals surface area contributed by atoms with E-state index in [1.54, 1.807) is 39.0 Å². The molecule has 1 rings (SSSR count). The molecule has 90 valence electrons. The minimum Gasteiger partial charge on any atom is -0.458 e. The highest BCUT2D eigenvalue weighted by Gasteiger charge is 2.24. The number of nitrogens with zero attached hydrogens (tertiary/aromatic N) is 1. The van der Waals surface area contributed by atoms with Gasteiger partial charge in [-0.25, -0.2) is 4.79 Å². The van der Waals surface area contributed by atoms with Gasteiger partial charge in [0.1, 0.15) is 5.60 Å². The summed E-state index contributed by atoms with van der Waals surface area (Å²) in [6.45, 7) is 5.18. The Morgan fingerprint density at radius 2 is 2.12 bits per heavy atom. The van der Waals surface area contributed by atoms with Gasteiger partial charge in [0.05, 0.1) is 11.6 Å². The van der Waals surface area contributed by atoms with Gasteiger partial charge in [-0.3, -0.25) is 0 Å². The lowest BCUT2D eigenvalue weighted by molar-refractivity contribution is -0.165. The van der Waals surface area contributed by atoms with E-state index in [1.165, 1.54) is 6.07 Å². The van der Waals surface area contributed by atoms with Crippen molar-refractivity contribution in [1.29, 1.82) is 5.26 Å². The molecule has 0 spiro atoms. The largest absolute Gasteiger partial charge is 0.458 e. The zero-order valence-electron chi connectivity index (χ0n) is 10.1. The standard InChI is InChI=1S/C13H15NO3/c1-13(2,3)17-12(16)11(15)10-6-4-5-9(7-10)8-14/h4-7,11,15H,1-3H3. The van der Waals surface area contributed by atoms with Gasteiger partial charge in [0.2, 0.25) is 0 Å². The number of carbonyl (C=O) groups excluding carboxylic acids is 1. The number of carbonyl (C=O) groups is 1. The van der Waals surface area contributed by atoms with Gasteiger partial charge in [0.25, 0.3) is 0 Å². The third kappa shape index (κ3) is 3.89. The number of hydrogen-bond acceptors (Lipinski definition) is 4. The summed E-state index contributed by atoms with van der Waals surface area (Å²) in [6.07, 6.45) is -1.36. The number of aliphatic hydroxyl groups excluding tert-OH is 1. The number of rotatable bonds is 2. The molecule has 0 aliphatic heterocycles. The predicted octanol–water partition coefficient (Wildman–Crippen LogP) is 1.93. The lowest BCUT2D eigenvalue weighted by Gasteiger charge is -2.21. The fourth-order valence-corrected chi connectivity index (χ4v) is 1.27. The summed E-state index contributed by atoms with van der Waals surface area (Å²) in [7, 11) is 0. The first-order chi connectivity index (χ1) is 7.83. The Morgan fingerprint density at radius 1 is 1.47 bits per heavy atom. The second kappa shape index (κ2) is 4.98. The minimum absolute atomic E-state index is 0.360. The summed E-state index contributed by atoms with van der Waals surface area (Å²) in [5.41, 5.74) is 0.105. The van der Waals surface area contributed by atoms with Crippen LogP contribution in [0.2, 0.25) is 0 Å². The molecule has 17 heavy (non-hydrogen) atoms. The van der Waals surface area contributed by atoms with Crippen LogP contribution in [0.5, 0.6) is 0 Å². The molecule has 1 aromatic rings. The van der Waals surface area contributed by atoms with Crippen molar-refractivity contribution < 1.29 is 14.6 Å². The highest BCUT2D eigenvalue weighted by atomic mass is 16.6. The number of benzene rings is 1. The maximum Gasteiger partial charge on any atom is 0.340 e. The summed E-state index contributed by atoms with van der Waals surface area (Å²) in [4.78, 5) is 11.6. The van der Waals surface area contributed by atoms with Crippen molar-refractivity contribution in [1.82, 2.24) is 0 Å². The van der Waals surface area contributed by atoms with Gasteiger partial charge in [0, 0.05) is 0 Å². The van der Waals surface area contributed by atoms with Crippen LogP contribution >= 0.6 is 0 Å². The van der Waals surface area contributed by atoms with Crippen LogP contribution in [0.1, 0.15) is 38.0 Å². The molecule has 4 heteroatoms. The normalized spacial score (nSPS) is 12.6. The van der Waals surface area contributed by atoms with E-state index in [0.717, 1.165) is 0 Å². The van der Waals surface area contributed by atoms with Crippen LogP contribution < -0.4 is 0 Å². The first-order valence-corrected chi connectivity index (χ1v) is 5.24. The molecule has 1 atom stereocenters. The fourth-order valence-electron chi connectivity index (χ4n) is 1.27. The molecule has 0 saturated heterocycles. The topological polar surface area (TPSA) is 70.3 Å². The van der Waals surface area contributed by atoms with Crippen LogP contribution in [0.15, 0.2) is 24.3 Å². The summed E-state index contributed by atoms with van der Waals surface area (Å²) in [5.74, 6) is -0.715. The van der Waals surface area contributed by atoms with Crippen LogP contribution in [0.3, 0.4) is 0 Å². The number of esters is 1. The molecule has 0 aromatic heterocycles. The Morgan fingerprint density at radius 3 is 2.65 bits per heavy atom. The Bertz CT molecular complexity index is 454. The lowest BCUT2D eigenvalue weighted by atomic mass is 10.1. The molecule has 1 N–H and O–H groups in total. The Kier molecular flexibility index (Phi) is 3.87. The van der Waals surface area contributed by atoms with Crippen LogP contribution in [0, 0.1) is 11.3 Å². The van der Waals surface area contributed by atoms with E-state index in [0.29, 0.717) is 11.1 Å². The monoisotopic (exact) mass is 233 g/mol. The van der Waals surface area contributed by atoms with E-state index in [1.807, 2.05) is 6.07 Å². The maximum absolute atomic E-state index is 11.6. The van der Waals surface area contributed by atoms with Crippen molar-refractivity contribution in [3.63, 3.8) is 0 Å². The van der Waals surface area contributed by atoms with E-state index in [9.17, 15) is 9.90 Å². The second-order valence-corrected chi connectivity index (χ2v) is 4.67. The third-order valence-electron chi connectivity index (χ3n) is 1.96. The summed E-state index contributed by atoms with van der Waals surface area (Å²) in [5, 5.41) is 18.5. The van der Waals surface area contributed by atoms with E-state index < -0.39 is 17.7 Å². The molecule has 1 aromatic carbocycles. The highest BCUT2D eigenvalue weighted by molar-refractivity contribution is 5.76. The molecule has 0 saturated carbocycles. The Labute approximate surface area is 100 Å². The molecule has 0 aliphatic rings. The number of ether oxygens (including phenoxy) is 1. The summed E-state index contributed by atoms with van der Waals surface area (Å²) < 4.78 is 5.06. The predicted molar refractivity (Wildman–Crippen MR) is 62.0 cm³/mol. The van der Waals surface area contributed by atoms with Gasteiger partial charge in [-0.2, -0.15) is 5.26 Å². The zero-order valence-corrected chi connectivity index (χ0v) is 10.1. The first kappa shape index (κ1) is 13.2. The van der Waals surface area contributed by atoms with E-state index in [4.69, 9.17) is 10.00 Å². The minimum atomic E-state index is -1.36. The number of hydrogen-bond donors (Lipinski definition) is 1. The fraction of sp³-hybridized carbons (Fsp3) is 0.385. The average molecular weight is 233 g/mol. The van der Waals surface area contributed by atoms with Crippen molar-refractivity contribution >= 4 is 5.97 Å². The third-order valence-corrected chi connectivity index (χ3v) is 1.96. The number of aliphatic hydroxyl groups is 1. The van der Waals surface area contributed by atoms with E-state index in [-0.39, 0.29) is 0 Å². The second-order valence-electron chi connectivity index (χ2n) is 4.67. The van der Waals surface area contributed by atoms with Gasteiger partial charge in [-0.05, 0) is 38.5 Å². The van der Waals surface area contributed by atoms with Gasteiger partial charge >= 0.3 is 5.97 Å². The Hall–Kier alpha value is -1.86. The molecular formula is C13H15NO3. The quantitative estimate of drug-likeness (QED) is 0.792. The van der Waals surface area contributed by atoms with Crippen LogP contribution in [0.4, 0.5) is 0 Å². The van der Waals surface area contributed by atoms with Crippen LogP contribution in [-0.2, 0) is 9.53 Å². The van der Waals surface area contributed by atoms with Gasteiger partial charge in [0.15, 0.2) is 6.10 Å². The maximum atomic E-state index is 11.6. The molecular weight excluding hydrogens is 218 g/mol. The van der Waals surface area contributed by atoms with Crippen molar-refractivity contribution in [3.8, 4) is 6.07 Å². The molecule has 0 aliphatic carbocycles. The highest BCUT2D eigenvalue weighted by Crippen LogP contribution is 2.19. The van der Waals surface area contributed by atoms with Gasteiger partial charge in [-0.15, -0.1) is 0 Å². The van der Waals surface area contributed by atoms with Gasteiger partial charge < -0.3 is 9.84 Å². The number of nitriles is 1. The molecule has 0 radical (unpaired) electrons. The molecule has 0 bridgehead atoms. The average Bonchev–Trinajstić information content (AvgIpc) is 2.26. The van der Waals surface area contributed by atoms with Crippen LogP contribution in [-0.4, -0.2) is 16.7 Å². The summed E-state index contributed by atoms with van der Waals surface area (Å²) >= 11 is 0. The zero-order chi connectivity index (χ0) is 13.1. The van der Waals surface area contributed by atoms with Crippen molar-refractivity contribution in [2.45, 2.75) is 32.5 Å². The van der Waals surface area contributed by atoms with Crippen molar-refractivity contribution in [2.24, 2.45) is 0 Å². The molecule has 0 fully saturated rings. The van der Waals surface area contributed by atoms with E-state index in [2.05, 4.69) is 0 Å². The van der Waals surface area contributed by atoms with Crippen molar-refractivity contribution in [2.75, 3.05) is 0 Å². The molecule has 0 amide bonds. The molecule has 0 heterocycles. The van der Waals surface area contributed by atoms with Crippen molar-refractivity contribution in [3.05, 3.63) is 35.4 Å². The van der Waals surface area contributed by atoms with Crippen LogP contribution in [0.25, 0.3) is 0 Å². The summed E-state index contributed by atoms with van der Waals surface area (Å²) in [6, 6.07) is 8.21. The van der Waals surface area contributed by atoms with Gasteiger partial charge in [-0.1, -0.05) is 12.1 Å². The molecule has 4 nitrogen and oxygen atoms in total. The molecule has 1 unspecified atom stereocenters. The lowest BCUT2D eigenvalue weighted by Crippen LogP contribution is -2.27. The first-order valence-electron chi connectivity index (χ1n) is 5.24. The SMILES string of the molecule is CC(C)(C)OC(=O)C(O)c1cccc(C#N)c1. The smallest absolute Gasteiger partial charge is 0.340 e.